The lowest BCUT2D eigenvalue weighted by molar-refractivity contribution is -0.133. The van der Waals surface area contributed by atoms with Crippen LogP contribution < -0.4 is 0 Å². The van der Waals surface area contributed by atoms with Gasteiger partial charge in [0.05, 0.1) is 6.07 Å². The zero-order valence-electron chi connectivity index (χ0n) is 9.98. The number of likely N-dealkylation sites (tertiary alicyclic amines) is 1. The molecule has 1 aliphatic heterocycles. The Kier molecular flexibility index (Phi) is 3.48. The van der Waals surface area contributed by atoms with E-state index in [2.05, 4.69) is 13.0 Å². The number of rotatable bonds is 3. The van der Waals surface area contributed by atoms with E-state index in [9.17, 15) is 4.79 Å². The molecule has 1 aliphatic carbocycles. The second-order valence-corrected chi connectivity index (χ2v) is 5.30. The molecule has 88 valence electrons. The fraction of sp³-hybridized carbons (Fsp3) is 0.846. The van der Waals surface area contributed by atoms with Crippen LogP contribution in [0.2, 0.25) is 0 Å². The lowest BCUT2D eigenvalue weighted by Gasteiger charge is -2.30. The fourth-order valence-corrected chi connectivity index (χ4v) is 2.49. The Morgan fingerprint density at radius 2 is 2.00 bits per heavy atom. The van der Waals surface area contributed by atoms with Gasteiger partial charge in [0.15, 0.2) is 0 Å². The molecule has 0 aromatic rings. The summed E-state index contributed by atoms with van der Waals surface area (Å²) in [5, 5.41) is 8.79. The van der Waals surface area contributed by atoms with Gasteiger partial charge in [-0.25, -0.2) is 0 Å². The summed E-state index contributed by atoms with van der Waals surface area (Å²) in [4.78, 5) is 13.9. The van der Waals surface area contributed by atoms with Crippen molar-refractivity contribution in [3.8, 4) is 6.07 Å². The zero-order chi connectivity index (χ0) is 11.5. The van der Waals surface area contributed by atoms with Gasteiger partial charge < -0.3 is 4.90 Å². The van der Waals surface area contributed by atoms with Crippen LogP contribution >= 0.6 is 0 Å². The number of nitriles is 1. The van der Waals surface area contributed by atoms with Crippen LogP contribution in [0.15, 0.2) is 0 Å². The highest BCUT2D eigenvalue weighted by Gasteiger charge is 2.31. The largest absolute Gasteiger partial charge is 0.343 e. The van der Waals surface area contributed by atoms with Crippen LogP contribution in [0, 0.1) is 29.1 Å². The molecule has 3 heteroatoms. The predicted molar refractivity (Wildman–Crippen MR) is 61.4 cm³/mol. The van der Waals surface area contributed by atoms with Gasteiger partial charge in [-0.1, -0.05) is 6.92 Å². The summed E-state index contributed by atoms with van der Waals surface area (Å²) in [7, 11) is 0. The number of hydrogen-bond acceptors (Lipinski definition) is 2. The Morgan fingerprint density at radius 1 is 1.38 bits per heavy atom. The predicted octanol–water partition coefficient (Wildman–Crippen LogP) is 2.18. The Bertz CT molecular complexity index is 296. The number of carbonyl (C=O) groups excluding carboxylic acids is 1. The average molecular weight is 220 g/mol. The van der Waals surface area contributed by atoms with E-state index >= 15 is 0 Å². The van der Waals surface area contributed by atoms with E-state index in [1.807, 2.05) is 4.90 Å². The van der Waals surface area contributed by atoms with Crippen molar-refractivity contribution in [1.82, 2.24) is 4.90 Å². The molecule has 0 spiro atoms. The molecule has 1 saturated heterocycles. The summed E-state index contributed by atoms with van der Waals surface area (Å²) < 4.78 is 0. The van der Waals surface area contributed by atoms with Gasteiger partial charge in [-0.15, -0.1) is 0 Å². The average Bonchev–Trinajstić information content (AvgIpc) is 3.13. The van der Waals surface area contributed by atoms with Crippen molar-refractivity contribution >= 4 is 5.91 Å². The molecule has 0 N–H and O–H groups in total. The van der Waals surface area contributed by atoms with E-state index in [-0.39, 0.29) is 5.92 Å². The van der Waals surface area contributed by atoms with Crippen molar-refractivity contribution in [2.45, 2.75) is 39.0 Å². The van der Waals surface area contributed by atoms with Crippen molar-refractivity contribution in [3.63, 3.8) is 0 Å². The van der Waals surface area contributed by atoms with E-state index in [4.69, 9.17) is 5.26 Å². The normalized spacial score (nSPS) is 23.9. The van der Waals surface area contributed by atoms with E-state index < -0.39 is 0 Å². The quantitative estimate of drug-likeness (QED) is 0.731. The van der Waals surface area contributed by atoms with Crippen LogP contribution in [0.25, 0.3) is 0 Å². The maximum Gasteiger partial charge on any atom is 0.222 e. The van der Waals surface area contributed by atoms with Gasteiger partial charge in [-0.2, -0.15) is 5.26 Å². The molecule has 2 rings (SSSR count). The molecule has 0 bridgehead atoms. The van der Waals surface area contributed by atoms with Gasteiger partial charge in [0.2, 0.25) is 5.91 Å². The first-order chi connectivity index (χ1) is 7.70. The molecule has 1 saturated carbocycles. The van der Waals surface area contributed by atoms with Crippen LogP contribution in [0.5, 0.6) is 0 Å². The number of nitrogens with zero attached hydrogens (tertiary/aromatic N) is 2. The molecule has 0 aromatic heterocycles. The van der Waals surface area contributed by atoms with Crippen molar-refractivity contribution < 1.29 is 4.79 Å². The summed E-state index contributed by atoms with van der Waals surface area (Å²) in [6.07, 6.45) is 5.05. The minimum Gasteiger partial charge on any atom is -0.343 e. The Balaban J connectivity index is 1.75. The van der Waals surface area contributed by atoms with E-state index in [1.54, 1.807) is 0 Å². The molecule has 0 radical (unpaired) electrons. The minimum atomic E-state index is 0.171. The summed E-state index contributed by atoms with van der Waals surface area (Å²) in [6, 6.07) is 2.29. The molecule has 2 aliphatic rings. The van der Waals surface area contributed by atoms with Crippen LogP contribution in [0.1, 0.15) is 39.0 Å². The molecule has 3 nitrogen and oxygen atoms in total. The third-order valence-corrected chi connectivity index (χ3v) is 3.95. The zero-order valence-corrected chi connectivity index (χ0v) is 9.98. The maximum absolute atomic E-state index is 12.0. The molecular weight excluding hydrogens is 200 g/mol. The smallest absolute Gasteiger partial charge is 0.222 e. The van der Waals surface area contributed by atoms with Gasteiger partial charge in [-0.05, 0) is 37.5 Å². The summed E-state index contributed by atoms with van der Waals surface area (Å²) in [5.41, 5.74) is 0. The highest BCUT2D eigenvalue weighted by molar-refractivity contribution is 5.76. The first-order valence-electron chi connectivity index (χ1n) is 6.38. The number of carbonyl (C=O) groups is 1. The lowest BCUT2D eigenvalue weighted by Crippen LogP contribution is -2.38. The standard InChI is InChI=1S/C13H20N2O/c1-10(12-2-3-12)8-13(16)15-6-4-11(9-14)5-7-15/h10-12H,2-8H2,1H3/t10-/m0/s1. The number of piperidine rings is 1. The third kappa shape index (κ3) is 2.75. The lowest BCUT2D eigenvalue weighted by atomic mass is 9.96. The summed E-state index contributed by atoms with van der Waals surface area (Å²) in [5.74, 6) is 1.84. The maximum atomic E-state index is 12.0. The number of hydrogen-bond donors (Lipinski definition) is 0. The molecular formula is C13H20N2O. The second-order valence-electron chi connectivity index (χ2n) is 5.30. The topological polar surface area (TPSA) is 44.1 Å². The van der Waals surface area contributed by atoms with Crippen molar-refractivity contribution in [3.05, 3.63) is 0 Å². The second kappa shape index (κ2) is 4.86. The Morgan fingerprint density at radius 3 is 2.50 bits per heavy atom. The number of amides is 1. The molecule has 16 heavy (non-hydrogen) atoms. The van der Waals surface area contributed by atoms with Crippen molar-refractivity contribution in [1.29, 1.82) is 5.26 Å². The fourth-order valence-electron chi connectivity index (χ4n) is 2.49. The summed E-state index contributed by atoms with van der Waals surface area (Å²) in [6.45, 7) is 3.76. The first-order valence-corrected chi connectivity index (χ1v) is 6.38. The highest BCUT2D eigenvalue weighted by atomic mass is 16.2. The van der Waals surface area contributed by atoms with Gasteiger partial charge in [0.25, 0.3) is 0 Å². The van der Waals surface area contributed by atoms with Gasteiger partial charge in [-0.3, -0.25) is 4.79 Å². The molecule has 0 unspecified atom stereocenters. The van der Waals surface area contributed by atoms with Gasteiger partial charge >= 0.3 is 0 Å². The van der Waals surface area contributed by atoms with Crippen LogP contribution in [0.4, 0.5) is 0 Å². The minimum absolute atomic E-state index is 0.171. The summed E-state index contributed by atoms with van der Waals surface area (Å²) >= 11 is 0. The van der Waals surface area contributed by atoms with Crippen molar-refractivity contribution in [2.75, 3.05) is 13.1 Å². The SMILES string of the molecule is C[C@@H](CC(=O)N1CCC(C#N)CC1)C1CC1. The third-order valence-electron chi connectivity index (χ3n) is 3.95. The molecule has 1 heterocycles. The van der Waals surface area contributed by atoms with E-state index in [1.165, 1.54) is 12.8 Å². The van der Waals surface area contributed by atoms with E-state index in [0.29, 0.717) is 18.2 Å². The molecule has 2 fully saturated rings. The van der Waals surface area contributed by atoms with E-state index in [0.717, 1.165) is 31.8 Å². The Hall–Kier alpha value is -1.04. The van der Waals surface area contributed by atoms with Gasteiger partial charge in [0.1, 0.15) is 0 Å². The molecule has 1 amide bonds. The molecule has 0 aromatic carbocycles. The first kappa shape index (κ1) is 11.4. The molecule has 1 atom stereocenters. The monoisotopic (exact) mass is 220 g/mol. The van der Waals surface area contributed by atoms with Crippen molar-refractivity contribution in [2.24, 2.45) is 17.8 Å². The Labute approximate surface area is 97.4 Å². The van der Waals surface area contributed by atoms with Crippen LogP contribution in [0.3, 0.4) is 0 Å². The van der Waals surface area contributed by atoms with Gasteiger partial charge in [0, 0.05) is 25.4 Å². The van der Waals surface area contributed by atoms with Crippen LogP contribution in [-0.4, -0.2) is 23.9 Å². The van der Waals surface area contributed by atoms with Crippen LogP contribution in [-0.2, 0) is 4.79 Å². The highest BCUT2D eigenvalue weighted by Crippen LogP contribution is 2.38.